The Balaban J connectivity index is 2.43. The first-order valence-corrected chi connectivity index (χ1v) is 6.76. The molecule has 0 saturated carbocycles. The third kappa shape index (κ3) is 2.30. The number of pyridine rings is 1. The number of rotatable bonds is 0. The number of anilines is 1. The van der Waals surface area contributed by atoms with Gasteiger partial charge in [0.05, 0.1) is 28.7 Å². The molecule has 3 rings (SSSR count). The molecule has 2 aromatic rings. The summed E-state index contributed by atoms with van der Waals surface area (Å²) in [5.74, 6) is 0.153. The number of aromatic nitrogens is 1. The lowest BCUT2D eigenvalue weighted by molar-refractivity contribution is -0.136. The fraction of sp³-hybridized carbons (Fsp3) is 0.400. The summed E-state index contributed by atoms with van der Waals surface area (Å²) in [7, 11) is 1.80. The Kier molecular flexibility index (Phi) is 2.95. The molecule has 0 aliphatic carbocycles. The molecule has 0 radical (unpaired) electrons. The highest BCUT2D eigenvalue weighted by Crippen LogP contribution is 2.45. The molecule has 1 aliphatic rings. The van der Waals surface area contributed by atoms with Crippen LogP contribution in [-0.2, 0) is 6.18 Å². The maximum Gasteiger partial charge on any atom is 0.417 e. The molecule has 118 valence electrons. The van der Waals surface area contributed by atoms with Crippen LogP contribution in [0.3, 0.4) is 0 Å². The first kappa shape index (κ1) is 14.7. The SMILES string of the molecule is CN1CC(C)(C)Oc2c1ccc1[nH]c(=O)cc(C(F)(F)F)c21. The van der Waals surface area contributed by atoms with Crippen LogP contribution < -0.4 is 15.2 Å². The fourth-order valence-corrected chi connectivity index (χ4v) is 2.91. The van der Waals surface area contributed by atoms with Crippen molar-refractivity contribution >= 4 is 16.6 Å². The van der Waals surface area contributed by atoms with Crippen molar-refractivity contribution < 1.29 is 17.9 Å². The molecule has 7 heteroatoms. The topological polar surface area (TPSA) is 45.3 Å². The van der Waals surface area contributed by atoms with Gasteiger partial charge in [0, 0.05) is 13.1 Å². The molecule has 0 spiro atoms. The van der Waals surface area contributed by atoms with Gasteiger partial charge in [0.2, 0.25) is 5.56 Å². The van der Waals surface area contributed by atoms with Crippen LogP contribution in [0, 0.1) is 0 Å². The number of hydrogen-bond donors (Lipinski definition) is 1. The van der Waals surface area contributed by atoms with E-state index in [1.165, 1.54) is 6.07 Å². The molecule has 0 unspecified atom stereocenters. The summed E-state index contributed by atoms with van der Waals surface area (Å²) >= 11 is 0. The predicted octanol–water partition coefficient (Wildman–Crippen LogP) is 3.15. The number of likely N-dealkylation sites (N-methyl/N-ethyl adjacent to an activating group) is 1. The third-order valence-electron chi connectivity index (χ3n) is 3.65. The van der Waals surface area contributed by atoms with Crippen LogP contribution >= 0.6 is 0 Å². The minimum Gasteiger partial charge on any atom is -0.483 e. The number of H-pyrrole nitrogens is 1. The molecule has 0 amide bonds. The van der Waals surface area contributed by atoms with Crippen LogP contribution in [0.25, 0.3) is 10.9 Å². The maximum atomic E-state index is 13.3. The largest absolute Gasteiger partial charge is 0.483 e. The third-order valence-corrected chi connectivity index (χ3v) is 3.65. The van der Waals surface area contributed by atoms with Crippen LogP contribution in [0.15, 0.2) is 23.0 Å². The van der Waals surface area contributed by atoms with Gasteiger partial charge >= 0.3 is 6.18 Å². The first-order chi connectivity index (χ1) is 10.1. The summed E-state index contributed by atoms with van der Waals surface area (Å²) < 4.78 is 45.8. The maximum absolute atomic E-state index is 13.3. The highest BCUT2D eigenvalue weighted by molar-refractivity contribution is 5.94. The Morgan fingerprint density at radius 3 is 2.64 bits per heavy atom. The van der Waals surface area contributed by atoms with Gasteiger partial charge in [-0.25, -0.2) is 0 Å². The van der Waals surface area contributed by atoms with E-state index in [0.29, 0.717) is 18.3 Å². The lowest BCUT2D eigenvalue weighted by Crippen LogP contribution is -2.45. The second-order valence-corrected chi connectivity index (χ2v) is 6.10. The Bertz CT molecular complexity index is 809. The van der Waals surface area contributed by atoms with E-state index in [-0.39, 0.29) is 16.7 Å². The van der Waals surface area contributed by atoms with Crippen molar-refractivity contribution in [2.24, 2.45) is 0 Å². The summed E-state index contributed by atoms with van der Waals surface area (Å²) in [6, 6.07) is 3.71. The molecule has 1 aromatic carbocycles. The number of aromatic amines is 1. The van der Waals surface area contributed by atoms with Crippen molar-refractivity contribution in [1.82, 2.24) is 4.98 Å². The summed E-state index contributed by atoms with van der Waals surface area (Å²) in [4.78, 5) is 15.8. The molecule has 1 aromatic heterocycles. The van der Waals surface area contributed by atoms with E-state index < -0.39 is 22.9 Å². The average Bonchev–Trinajstić information content (AvgIpc) is 2.34. The Hall–Kier alpha value is -2.18. The van der Waals surface area contributed by atoms with Crippen molar-refractivity contribution in [2.75, 3.05) is 18.5 Å². The molecule has 22 heavy (non-hydrogen) atoms. The van der Waals surface area contributed by atoms with Gasteiger partial charge in [-0.2, -0.15) is 13.2 Å². The van der Waals surface area contributed by atoms with E-state index in [1.54, 1.807) is 13.1 Å². The first-order valence-electron chi connectivity index (χ1n) is 6.76. The van der Waals surface area contributed by atoms with Gasteiger partial charge in [-0.15, -0.1) is 0 Å². The second-order valence-electron chi connectivity index (χ2n) is 6.10. The highest BCUT2D eigenvalue weighted by atomic mass is 19.4. The monoisotopic (exact) mass is 312 g/mol. The minimum absolute atomic E-state index is 0.107. The van der Waals surface area contributed by atoms with E-state index in [4.69, 9.17) is 4.74 Å². The van der Waals surface area contributed by atoms with Crippen molar-refractivity contribution in [3.8, 4) is 5.75 Å². The number of hydrogen-bond acceptors (Lipinski definition) is 3. The molecule has 2 heterocycles. The predicted molar refractivity (Wildman–Crippen MR) is 77.5 cm³/mol. The summed E-state index contributed by atoms with van der Waals surface area (Å²) in [6.07, 6.45) is -4.63. The van der Waals surface area contributed by atoms with Crippen molar-refractivity contribution in [1.29, 1.82) is 0 Å². The Morgan fingerprint density at radius 2 is 2.00 bits per heavy atom. The quantitative estimate of drug-likeness (QED) is 0.813. The molecule has 0 saturated heterocycles. The number of alkyl halides is 3. The van der Waals surface area contributed by atoms with Crippen LogP contribution in [0.4, 0.5) is 18.9 Å². The Morgan fingerprint density at radius 1 is 1.32 bits per heavy atom. The van der Waals surface area contributed by atoms with Gasteiger partial charge in [0.15, 0.2) is 5.75 Å². The number of fused-ring (bicyclic) bond motifs is 3. The number of benzene rings is 1. The Labute approximate surface area is 124 Å². The van der Waals surface area contributed by atoms with Gasteiger partial charge in [0.25, 0.3) is 0 Å². The van der Waals surface area contributed by atoms with Gasteiger partial charge in [-0.3, -0.25) is 4.79 Å². The van der Waals surface area contributed by atoms with E-state index in [9.17, 15) is 18.0 Å². The van der Waals surface area contributed by atoms with Gasteiger partial charge in [0.1, 0.15) is 5.60 Å². The van der Waals surface area contributed by atoms with E-state index >= 15 is 0 Å². The van der Waals surface area contributed by atoms with E-state index in [1.807, 2.05) is 18.7 Å². The van der Waals surface area contributed by atoms with E-state index in [2.05, 4.69) is 4.98 Å². The molecule has 1 aliphatic heterocycles. The molecule has 0 bridgehead atoms. The number of nitrogens with one attached hydrogen (secondary N) is 1. The van der Waals surface area contributed by atoms with Crippen LogP contribution in [0.2, 0.25) is 0 Å². The lowest BCUT2D eigenvalue weighted by atomic mass is 10.0. The zero-order valence-electron chi connectivity index (χ0n) is 12.3. The normalized spacial score (nSPS) is 17.3. The summed E-state index contributed by atoms with van der Waals surface area (Å²) in [5, 5.41) is -0.107. The molecular weight excluding hydrogens is 297 g/mol. The van der Waals surface area contributed by atoms with Crippen LogP contribution in [-0.4, -0.2) is 24.2 Å². The summed E-state index contributed by atoms with van der Waals surface area (Å²) in [6.45, 7) is 4.17. The smallest absolute Gasteiger partial charge is 0.417 e. The van der Waals surface area contributed by atoms with E-state index in [0.717, 1.165) is 0 Å². The van der Waals surface area contributed by atoms with Gasteiger partial charge < -0.3 is 14.6 Å². The second kappa shape index (κ2) is 4.41. The fourth-order valence-electron chi connectivity index (χ4n) is 2.91. The summed E-state index contributed by atoms with van der Waals surface area (Å²) in [5.41, 5.74) is -1.71. The zero-order valence-corrected chi connectivity index (χ0v) is 12.3. The van der Waals surface area contributed by atoms with Gasteiger partial charge in [-0.05, 0) is 26.0 Å². The number of nitrogens with zero attached hydrogens (tertiary/aromatic N) is 1. The molecule has 0 atom stereocenters. The minimum atomic E-state index is -4.63. The zero-order chi connectivity index (χ0) is 16.3. The van der Waals surface area contributed by atoms with Crippen molar-refractivity contribution in [2.45, 2.75) is 25.6 Å². The molecular formula is C15H15F3N2O2. The molecule has 4 nitrogen and oxygen atoms in total. The van der Waals surface area contributed by atoms with Crippen molar-refractivity contribution in [3.63, 3.8) is 0 Å². The lowest BCUT2D eigenvalue weighted by Gasteiger charge is -2.39. The van der Waals surface area contributed by atoms with Crippen LogP contribution in [0.5, 0.6) is 5.75 Å². The van der Waals surface area contributed by atoms with Crippen molar-refractivity contribution in [3.05, 3.63) is 34.1 Å². The standard InChI is InChI=1S/C15H15F3N2O2/c1-14(2)7-20(3)10-5-4-9-12(13(10)22-14)8(15(16,17)18)6-11(21)19-9/h4-6H,7H2,1-3H3,(H,19,21). The number of halogens is 3. The van der Waals surface area contributed by atoms with Gasteiger partial charge in [-0.1, -0.05) is 0 Å². The molecule has 0 fully saturated rings. The van der Waals surface area contributed by atoms with Crippen LogP contribution in [0.1, 0.15) is 19.4 Å². The molecule has 1 N–H and O–H groups in total. The number of ether oxygens (including phenoxy) is 1. The highest BCUT2D eigenvalue weighted by Gasteiger charge is 2.38. The average molecular weight is 312 g/mol.